The highest BCUT2D eigenvalue weighted by molar-refractivity contribution is 6.33. The molecule has 0 spiro atoms. The monoisotopic (exact) mass is 366 g/mol. The van der Waals surface area contributed by atoms with Gasteiger partial charge in [0.1, 0.15) is 5.75 Å². The fourth-order valence-corrected chi connectivity index (χ4v) is 4.31. The maximum atomic E-state index is 13.4. The van der Waals surface area contributed by atoms with Gasteiger partial charge in [0, 0.05) is 16.7 Å². The Labute approximate surface area is 159 Å². The average Bonchev–Trinajstić information content (AvgIpc) is 2.83. The first kappa shape index (κ1) is 19.3. The molecule has 0 radical (unpaired) electrons. The van der Waals surface area contributed by atoms with Crippen molar-refractivity contribution in [1.82, 2.24) is 0 Å². The lowest BCUT2D eigenvalue weighted by Crippen LogP contribution is -2.39. The molecule has 1 aliphatic carbocycles. The standard InChI is InChI=1S/C23H26O4/c1-9-10(2)14(6)18-17(13(9)5)21(25)23(27,22(18)26)19-15(7)11(3)12(4)16(8)20(19)24/h24,27H,1-8H3. The van der Waals surface area contributed by atoms with Crippen LogP contribution in [0, 0.1) is 55.4 Å². The summed E-state index contributed by atoms with van der Waals surface area (Å²) < 4.78 is 0. The second-order valence-electron chi connectivity index (χ2n) is 7.84. The van der Waals surface area contributed by atoms with E-state index < -0.39 is 17.2 Å². The zero-order valence-electron chi connectivity index (χ0n) is 17.2. The van der Waals surface area contributed by atoms with Crippen LogP contribution in [-0.2, 0) is 5.60 Å². The van der Waals surface area contributed by atoms with E-state index in [9.17, 15) is 19.8 Å². The zero-order valence-corrected chi connectivity index (χ0v) is 17.2. The molecule has 0 saturated carbocycles. The molecule has 0 fully saturated rings. The summed E-state index contributed by atoms with van der Waals surface area (Å²) in [5.74, 6) is -1.48. The molecule has 0 unspecified atom stereocenters. The van der Waals surface area contributed by atoms with Crippen molar-refractivity contribution in [1.29, 1.82) is 0 Å². The van der Waals surface area contributed by atoms with E-state index in [-0.39, 0.29) is 22.4 Å². The third-order valence-electron chi connectivity index (χ3n) is 6.82. The van der Waals surface area contributed by atoms with Gasteiger partial charge in [-0.1, -0.05) is 0 Å². The van der Waals surface area contributed by atoms with Crippen LogP contribution in [-0.4, -0.2) is 21.8 Å². The van der Waals surface area contributed by atoms with E-state index in [1.807, 2.05) is 27.7 Å². The second-order valence-corrected chi connectivity index (χ2v) is 7.84. The smallest absolute Gasteiger partial charge is 0.220 e. The third-order valence-corrected chi connectivity index (χ3v) is 6.82. The number of carbonyl (C=O) groups is 2. The molecule has 0 heterocycles. The van der Waals surface area contributed by atoms with Gasteiger partial charge in [0.2, 0.25) is 17.2 Å². The number of ketones is 2. The molecule has 2 N–H and O–H groups in total. The molecule has 142 valence electrons. The molecule has 2 aromatic rings. The molecule has 2 aromatic carbocycles. The summed E-state index contributed by atoms with van der Waals surface area (Å²) in [6.07, 6.45) is 0. The number of hydrogen-bond acceptors (Lipinski definition) is 4. The first-order chi connectivity index (χ1) is 12.4. The summed E-state index contributed by atoms with van der Waals surface area (Å²) in [5.41, 5.74) is 4.34. The van der Waals surface area contributed by atoms with Crippen molar-refractivity contribution >= 4 is 11.6 Å². The van der Waals surface area contributed by atoms with Gasteiger partial charge in [-0.3, -0.25) is 9.59 Å². The number of aromatic hydroxyl groups is 1. The number of aliphatic hydroxyl groups is 1. The quantitative estimate of drug-likeness (QED) is 0.744. The molecule has 4 heteroatoms. The van der Waals surface area contributed by atoms with Crippen LogP contribution in [0.25, 0.3) is 0 Å². The van der Waals surface area contributed by atoms with Gasteiger partial charge in [0.15, 0.2) is 0 Å². The van der Waals surface area contributed by atoms with Crippen molar-refractivity contribution in [3.8, 4) is 5.75 Å². The lowest BCUT2D eigenvalue weighted by molar-refractivity contribution is 0.0309. The maximum Gasteiger partial charge on any atom is 0.220 e. The van der Waals surface area contributed by atoms with Crippen molar-refractivity contribution in [3.63, 3.8) is 0 Å². The summed E-state index contributed by atoms with van der Waals surface area (Å²) >= 11 is 0. The molecule has 27 heavy (non-hydrogen) atoms. The van der Waals surface area contributed by atoms with Gasteiger partial charge < -0.3 is 10.2 Å². The highest BCUT2D eigenvalue weighted by Crippen LogP contribution is 2.47. The Hall–Kier alpha value is -2.46. The molecule has 0 bridgehead atoms. The van der Waals surface area contributed by atoms with E-state index >= 15 is 0 Å². The molecule has 0 saturated heterocycles. The lowest BCUT2D eigenvalue weighted by Gasteiger charge is -2.26. The molecule has 0 aliphatic heterocycles. The number of Topliss-reactive ketones (excluding diaryl/α,β-unsaturated/α-hetero) is 2. The lowest BCUT2D eigenvalue weighted by atomic mass is 9.80. The number of phenols is 1. The van der Waals surface area contributed by atoms with Crippen LogP contribution in [0.3, 0.4) is 0 Å². The number of phenolic OH excluding ortho intramolecular Hbond substituents is 1. The Bertz CT molecular complexity index is 981. The number of carbonyl (C=O) groups excluding carboxylic acids is 2. The predicted octanol–water partition coefficient (Wildman–Crippen LogP) is 4.13. The molecule has 1 aliphatic rings. The van der Waals surface area contributed by atoms with Crippen molar-refractivity contribution in [2.45, 2.75) is 61.0 Å². The van der Waals surface area contributed by atoms with Gasteiger partial charge in [0.05, 0.1) is 0 Å². The van der Waals surface area contributed by atoms with E-state index in [1.165, 1.54) is 0 Å². The molecule has 3 rings (SSSR count). The van der Waals surface area contributed by atoms with Crippen molar-refractivity contribution < 1.29 is 19.8 Å². The van der Waals surface area contributed by atoms with E-state index in [2.05, 4.69) is 0 Å². The van der Waals surface area contributed by atoms with Gasteiger partial charge in [-0.15, -0.1) is 0 Å². The number of fused-ring (bicyclic) bond motifs is 1. The Morgan fingerprint density at radius 2 is 0.889 bits per heavy atom. The Kier molecular flexibility index (Phi) is 4.12. The molecule has 0 amide bonds. The third kappa shape index (κ3) is 2.13. The number of rotatable bonds is 1. The minimum atomic E-state index is -2.39. The van der Waals surface area contributed by atoms with Gasteiger partial charge in [-0.2, -0.15) is 0 Å². The van der Waals surface area contributed by atoms with Crippen LogP contribution in [0.15, 0.2) is 0 Å². The van der Waals surface area contributed by atoms with Crippen LogP contribution < -0.4 is 0 Å². The largest absolute Gasteiger partial charge is 0.507 e. The fraction of sp³-hybridized carbons (Fsp3) is 0.391. The molecule has 0 atom stereocenters. The maximum absolute atomic E-state index is 13.4. The summed E-state index contributed by atoms with van der Waals surface area (Å²) in [6, 6.07) is 0. The topological polar surface area (TPSA) is 74.6 Å². The normalized spacial score (nSPS) is 15.4. The van der Waals surface area contributed by atoms with E-state index in [0.717, 1.165) is 22.3 Å². The van der Waals surface area contributed by atoms with E-state index in [4.69, 9.17) is 0 Å². The van der Waals surface area contributed by atoms with Gasteiger partial charge in [-0.05, 0) is 99.9 Å². The predicted molar refractivity (Wildman–Crippen MR) is 105 cm³/mol. The van der Waals surface area contributed by atoms with Crippen LogP contribution >= 0.6 is 0 Å². The molecule has 4 nitrogen and oxygen atoms in total. The minimum Gasteiger partial charge on any atom is -0.507 e. The SMILES string of the molecule is Cc1c(C)c(C)c(C2(O)C(=O)c3c(C)c(C)c(C)c(C)c3C2=O)c(O)c1C. The number of benzene rings is 2. The zero-order chi connectivity index (χ0) is 20.6. The van der Waals surface area contributed by atoms with Crippen LogP contribution in [0.2, 0.25) is 0 Å². The summed E-state index contributed by atoms with van der Waals surface area (Å²) in [6.45, 7) is 14.6. The fourth-order valence-electron chi connectivity index (χ4n) is 4.31. The minimum absolute atomic E-state index is 0.0170. The molecular formula is C23H26O4. The number of hydrogen-bond donors (Lipinski definition) is 2. The Morgan fingerprint density at radius 3 is 1.30 bits per heavy atom. The Morgan fingerprint density at radius 1 is 0.556 bits per heavy atom. The van der Waals surface area contributed by atoms with Crippen molar-refractivity contribution in [3.05, 3.63) is 61.2 Å². The summed E-state index contributed by atoms with van der Waals surface area (Å²) in [7, 11) is 0. The van der Waals surface area contributed by atoms with Crippen molar-refractivity contribution in [2.75, 3.05) is 0 Å². The molecular weight excluding hydrogens is 340 g/mol. The van der Waals surface area contributed by atoms with Gasteiger partial charge in [0.25, 0.3) is 0 Å². The summed E-state index contributed by atoms with van der Waals surface area (Å²) in [4.78, 5) is 26.8. The van der Waals surface area contributed by atoms with Gasteiger partial charge >= 0.3 is 0 Å². The van der Waals surface area contributed by atoms with Crippen LogP contribution in [0.1, 0.15) is 70.8 Å². The van der Waals surface area contributed by atoms with Crippen LogP contribution in [0.4, 0.5) is 0 Å². The van der Waals surface area contributed by atoms with E-state index in [0.29, 0.717) is 22.3 Å². The second kappa shape index (κ2) is 5.77. The van der Waals surface area contributed by atoms with Crippen molar-refractivity contribution in [2.24, 2.45) is 0 Å². The first-order valence-electron chi connectivity index (χ1n) is 9.11. The average molecular weight is 366 g/mol. The molecule has 0 aromatic heterocycles. The van der Waals surface area contributed by atoms with Gasteiger partial charge in [-0.25, -0.2) is 0 Å². The van der Waals surface area contributed by atoms with E-state index in [1.54, 1.807) is 27.7 Å². The Balaban J connectivity index is 2.45. The highest BCUT2D eigenvalue weighted by Gasteiger charge is 2.57. The summed E-state index contributed by atoms with van der Waals surface area (Å²) in [5, 5.41) is 22.3. The first-order valence-corrected chi connectivity index (χ1v) is 9.11. The van der Waals surface area contributed by atoms with Crippen LogP contribution in [0.5, 0.6) is 5.75 Å². The highest BCUT2D eigenvalue weighted by atomic mass is 16.3.